The Morgan fingerprint density at radius 2 is 1.94 bits per heavy atom. The van der Waals surface area contributed by atoms with Crippen molar-refractivity contribution >= 4 is 10.0 Å². The van der Waals surface area contributed by atoms with E-state index < -0.39 is 10.0 Å². The van der Waals surface area contributed by atoms with Gasteiger partial charge in [-0.3, -0.25) is 4.98 Å². The highest BCUT2D eigenvalue weighted by atomic mass is 32.2. The molecule has 1 rings (SSSR count). The van der Waals surface area contributed by atoms with E-state index in [1.165, 1.54) is 4.31 Å². The topological polar surface area (TPSA) is 62.3 Å². The largest absolute Gasteiger partial charge is 0.316 e. The number of nitrogens with zero attached hydrogens (tertiary/aromatic N) is 2. The first kappa shape index (κ1) is 15.1. The van der Waals surface area contributed by atoms with Crippen LogP contribution < -0.4 is 5.32 Å². The van der Waals surface area contributed by atoms with Crippen molar-refractivity contribution in [2.45, 2.75) is 20.4 Å². The fraction of sp³-hybridized carbons (Fsp3) is 0.583. The van der Waals surface area contributed by atoms with Crippen LogP contribution in [0.5, 0.6) is 0 Å². The molecule has 0 aliphatic heterocycles. The first-order valence-corrected chi connectivity index (χ1v) is 7.78. The Hall–Kier alpha value is -0.980. The number of rotatable bonds is 8. The lowest BCUT2D eigenvalue weighted by atomic mass is 10.3. The fourth-order valence-corrected chi connectivity index (χ4v) is 3.01. The summed E-state index contributed by atoms with van der Waals surface area (Å²) in [6.07, 6.45) is 3.35. The van der Waals surface area contributed by atoms with Crippen molar-refractivity contribution in [2.75, 3.05) is 25.4 Å². The van der Waals surface area contributed by atoms with E-state index in [4.69, 9.17) is 0 Å². The van der Waals surface area contributed by atoms with Crippen LogP contribution in [0.15, 0.2) is 24.5 Å². The summed E-state index contributed by atoms with van der Waals surface area (Å²) < 4.78 is 25.7. The molecule has 0 atom stereocenters. The molecule has 0 aromatic carbocycles. The number of hydrogen-bond acceptors (Lipinski definition) is 4. The summed E-state index contributed by atoms with van der Waals surface area (Å²) in [5, 5.41) is 3.03. The average Bonchev–Trinajstić information content (AvgIpc) is 2.37. The van der Waals surface area contributed by atoms with E-state index in [0.717, 1.165) is 12.1 Å². The molecule has 1 heterocycles. The molecule has 5 nitrogen and oxygen atoms in total. The molecule has 0 saturated carbocycles. The predicted octanol–water partition coefficient (Wildman–Crippen LogP) is 0.843. The normalized spacial score (nSPS) is 11.9. The lowest BCUT2D eigenvalue weighted by Gasteiger charge is -2.20. The lowest BCUT2D eigenvalue weighted by Crippen LogP contribution is -2.35. The van der Waals surface area contributed by atoms with E-state index in [2.05, 4.69) is 10.3 Å². The smallest absolute Gasteiger partial charge is 0.215 e. The second-order valence-electron chi connectivity index (χ2n) is 3.95. The van der Waals surface area contributed by atoms with Crippen LogP contribution in [-0.2, 0) is 16.6 Å². The third-order valence-corrected chi connectivity index (χ3v) is 4.54. The zero-order valence-corrected chi connectivity index (χ0v) is 11.8. The standard InChI is InChI=1S/C12H21N3O2S/c1-3-13-9-10-18(16,17)15(4-2)11-12-5-7-14-8-6-12/h5-8,13H,3-4,9-11H2,1-2H3. The Labute approximate surface area is 109 Å². The molecule has 0 bridgehead atoms. The van der Waals surface area contributed by atoms with E-state index in [9.17, 15) is 8.42 Å². The average molecular weight is 271 g/mol. The minimum absolute atomic E-state index is 0.139. The van der Waals surface area contributed by atoms with Gasteiger partial charge in [0, 0.05) is 32.0 Å². The maximum Gasteiger partial charge on any atom is 0.215 e. The second kappa shape index (κ2) is 7.45. The molecule has 0 saturated heterocycles. The highest BCUT2D eigenvalue weighted by Crippen LogP contribution is 2.08. The number of nitrogens with one attached hydrogen (secondary N) is 1. The third kappa shape index (κ3) is 4.72. The van der Waals surface area contributed by atoms with Crippen LogP contribution in [0, 0.1) is 0 Å². The van der Waals surface area contributed by atoms with Gasteiger partial charge < -0.3 is 5.32 Å². The van der Waals surface area contributed by atoms with Gasteiger partial charge >= 0.3 is 0 Å². The molecule has 0 spiro atoms. The molecule has 1 aromatic rings. The van der Waals surface area contributed by atoms with Gasteiger partial charge in [-0.25, -0.2) is 8.42 Å². The Kier molecular flexibility index (Phi) is 6.24. The minimum Gasteiger partial charge on any atom is -0.316 e. The Morgan fingerprint density at radius 1 is 1.28 bits per heavy atom. The first-order chi connectivity index (χ1) is 8.60. The van der Waals surface area contributed by atoms with Gasteiger partial charge in [0.05, 0.1) is 5.75 Å². The van der Waals surface area contributed by atoms with Crippen molar-refractivity contribution in [2.24, 2.45) is 0 Å². The van der Waals surface area contributed by atoms with Crippen LogP contribution in [0.4, 0.5) is 0 Å². The van der Waals surface area contributed by atoms with Crippen LogP contribution in [0.1, 0.15) is 19.4 Å². The summed E-state index contributed by atoms with van der Waals surface area (Å²) in [6, 6.07) is 3.67. The van der Waals surface area contributed by atoms with Crippen molar-refractivity contribution in [1.29, 1.82) is 0 Å². The maximum absolute atomic E-state index is 12.1. The number of sulfonamides is 1. The summed E-state index contributed by atoms with van der Waals surface area (Å²) >= 11 is 0. The molecular formula is C12H21N3O2S. The Balaban J connectivity index is 2.65. The molecule has 1 N–H and O–H groups in total. The van der Waals surface area contributed by atoms with Crippen LogP contribution in [0.2, 0.25) is 0 Å². The van der Waals surface area contributed by atoms with Gasteiger partial charge in [-0.05, 0) is 24.2 Å². The summed E-state index contributed by atoms with van der Waals surface area (Å²) in [5.74, 6) is 0.139. The van der Waals surface area contributed by atoms with Crippen molar-refractivity contribution in [3.8, 4) is 0 Å². The van der Waals surface area contributed by atoms with Crippen LogP contribution >= 0.6 is 0 Å². The molecule has 18 heavy (non-hydrogen) atoms. The van der Waals surface area contributed by atoms with E-state index in [1.807, 2.05) is 26.0 Å². The van der Waals surface area contributed by atoms with E-state index >= 15 is 0 Å². The molecule has 0 amide bonds. The number of pyridine rings is 1. The molecule has 0 fully saturated rings. The van der Waals surface area contributed by atoms with Crippen LogP contribution in [0.25, 0.3) is 0 Å². The summed E-state index contributed by atoms with van der Waals surface area (Å²) in [4.78, 5) is 3.92. The van der Waals surface area contributed by atoms with Gasteiger partial charge in [-0.2, -0.15) is 4.31 Å². The SMILES string of the molecule is CCNCCS(=O)(=O)N(CC)Cc1ccncc1. The molecule has 6 heteroatoms. The summed E-state index contributed by atoms with van der Waals surface area (Å²) in [7, 11) is -3.19. The third-order valence-electron chi connectivity index (χ3n) is 2.64. The summed E-state index contributed by atoms with van der Waals surface area (Å²) in [5.41, 5.74) is 0.957. The maximum atomic E-state index is 12.1. The zero-order valence-electron chi connectivity index (χ0n) is 11.0. The van der Waals surface area contributed by atoms with Crippen LogP contribution in [0.3, 0.4) is 0 Å². The van der Waals surface area contributed by atoms with Crippen molar-refractivity contribution in [3.05, 3.63) is 30.1 Å². The van der Waals surface area contributed by atoms with Crippen molar-refractivity contribution < 1.29 is 8.42 Å². The zero-order chi connectivity index (χ0) is 13.4. The van der Waals surface area contributed by atoms with Gasteiger partial charge in [0.2, 0.25) is 10.0 Å². The lowest BCUT2D eigenvalue weighted by molar-refractivity contribution is 0.422. The van der Waals surface area contributed by atoms with E-state index in [-0.39, 0.29) is 5.75 Å². The minimum atomic E-state index is -3.19. The first-order valence-electron chi connectivity index (χ1n) is 6.17. The summed E-state index contributed by atoms with van der Waals surface area (Å²) in [6.45, 7) is 5.98. The molecular weight excluding hydrogens is 250 g/mol. The van der Waals surface area contributed by atoms with E-state index in [1.54, 1.807) is 12.4 Å². The number of hydrogen-bond donors (Lipinski definition) is 1. The fourth-order valence-electron chi connectivity index (χ4n) is 1.61. The molecule has 0 radical (unpaired) electrons. The quantitative estimate of drug-likeness (QED) is 0.712. The molecule has 0 unspecified atom stereocenters. The predicted molar refractivity (Wildman–Crippen MR) is 72.7 cm³/mol. The van der Waals surface area contributed by atoms with Crippen molar-refractivity contribution in [1.82, 2.24) is 14.6 Å². The van der Waals surface area contributed by atoms with E-state index in [0.29, 0.717) is 19.6 Å². The van der Waals surface area contributed by atoms with Crippen LogP contribution in [-0.4, -0.2) is 43.1 Å². The van der Waals surface area contributed by atoms with Gasteiger partial charge in [-0.1, -0.05) is 13.8 Å². The number of aromatic nitrogens is 1. The Morgan fingerprint density at radius 3 is 2.50 bits per heavy atom. The Bertz CT molecular complexity index is 434. The second-order valence-corrected chi connectivity index (χ2v) is 6.04. The molecule has 0 aliphatic carbocycles. The van der Waals surface area contributed by atoms with Gasteiger partial charge in [0.15, 0.2) is 0 Å². The highest BCUT2D eigenvalue weighted by molar-refractivity contribution is 7.89. The molecule has 0 aliphatic rings. The highest BCUT2D eigenvalue weighted by Gasteiger charge is 2.19. The van der Waals surface area contributed by atoms with Gasteiger partial charge in [0.25, 0.3) is 0 Å². The molecule has 102 valence electrons. The van der Waals surface area contributed by atoms with Gasteiger partial charge in [0.1, 0.15) is 0 Å². The molecule has 1 aromatic heterocycles. The monoisotopic (exact) mass is 271 g/mol. The van der Waals surface area contributed by atoms with Crippen molar-refractivity contribution in [3.63, 3.8) is 0 Å². The van der Waals surface area contributed by atoms with Gasteiger partial charge in [-0.15, -0.1) is 0 Å².